The number of hydrogen-bond donors (Lipinski definition) is 2. The summed E-state index contributed by atoms with van der Waals surface area (Å²) in [6.07, 6.45) is 3.32. The zero-order valence-corrected chi connectivity index (χ0v) is 11.8. The fraction of sp³-hybridized carbons (Fsp3) is 0.462. The Bertz CT molecular complexity index is 527. The SMILES string of the molecule is NC(=O)CC1CCN(C(=O)c2cc(N)cnc2Cl)CC1. The molecule has 0 radical (unpaired) electrons. The summed E-state index contributed by atoms with van der Waals surface area (Å²) in [7, 11) is 0. The van der Waals surface area contributed by atoms with E-state index in [1.165, 1.54) is 12.3 Å². The molecule has 0 aromatic carbocycles. The number of primary amides is 1. The highest BCUT2D eigenvalue weighted by atomic mass is 35.5. The summed E-state index contributed by atoms with van der Waals surface area (Å²) in [4.78, 5) is 28.8. The molecule has 1 aromatic heterocycles. The van der Waals surface area contributed by atoms with Crippen LogP contribution in [0.4, 0.5) is 5.69 Å². The largest absolute Gasteiger partial charge is 0.397 e. The Hall–Kier alpha value is -1.82. The van der Waals surface area contributed by atoms with Crippen LogP contribution in [-0.2, 0) is 4.79 Å². The van der Waals surface area contributed by atoms with Crippen LogP contribution >= 0.6 is 11.6 Å². The Kier molecular flexibility index (Phi) is 4.44. The summed E-state index contributed by atoms with van der Waals surface area (Å²) in [5, 5.41) is 0.156. The van der Waals surface area contributed by atoms with E-state index in [0.717, 1.165) is 12.8 Å². The van der Waals surface area contributed by atoms with Crippen molar-refractivity contribution in [1.29, 1.82) is 0 Å². The van der Waals surface area contributed by atoms with Crippen molar-refractivity contribution in [3.05, 3.63) is 23.0 Å². The molecule has 0 saturated carbocycles. The van der Waals surface area contributed by atoms with Gasteiger partial charge in [0.05, 0.1) is 17.4 Å². The van der Waals surface area contributed by atoms with Crippen molar-refractivity contribution < 1.29 is 9.59 Å². The monoisotopic (exact) mass is 296 g/mol. The zero-order chi connectivity index (χ0) is 14.7. The zero-order valence-electron chi connectivity index (χ0n) is 11.0. The number of aromatic nitrogens is 1. The first-order valence-corrected chi connectivity index (χ1v) is 6.83. The molecule has 1 aliphatic heterocycles. The summed E-state index contributed by atoms with van der Waals surface area (Å²) < 4.78 is 0. The number of nitrogen functional groups attached to an aromatic ring is 1. The quantitative estimate of drug-likeness (QED) is 0.814. The van der Waals surface area contributed by atoms with Crippen molar-refractivity contribution in [1.82, 2.24) is 9.88 Å². The molecule has 2 rings (SSSR count). The van der Waals surface area contributed by atoms with E-state index >= 15 is 0 Å². The maximum absolute atomic E-state index is 12.4. The van der Waals surface area contributed by atoms with Crippen LogP contribution in [0.15, 0.2) is 12.3 Å². The molecule has 4 N–H and O–H groups in total. The van der Waals surface area contributed by atoms with Crippen molar-refractivity contribution in [2.45, 2.75) is 19.3 Å². The molecule has 0 bridgehead atoms. The number of likely N-dealkylation sites (tertiary alicyclic amines) is 1. The first-order valence-electron chi connectivity index (χ1n) is 6.46. The van der Waals surface area contributed by atoms with Gasteiger partial charge in [-0.1, -0.05) is 11.6 Å². The van der Waals surface area contributed by atoms with E-state index in [1.54, 1.807) is 4.90 Å². The van der Waals surface area contributed by atoms with Crippen LogP contribution in [0.25, 0.3) is 0 Å². The average Bonchev–Trinajstić information content (AvgIpc) is 2.41. The van der Waals surface area contributed by atoms with E-state index in [-0.39, 0.29) is 22.9 Å². The number of anilines is 1. The summed E-state index contributed by atoms with van der Waals surface area (Å²) in [5.74, 6) is -0.212. The molecule has 0 aliphatic carbocycles. The molecule has 20 heavy (non-hydrogen) atoms. The molecular formula is C13H17ClN4O2. The van der Waals surface area contributed by atoms with E-state index in [2.05, 4.69) is 4.98 Å². The molecule has 2 heterocycles. The van der Waals surface area contributed by atoms with Crippen molar-refractivity contribution in [3.63, 3.8) is 0 Å². The van der Waals surface area contributed by atoms with E-state index in [9.17, 15) is 9.59 Å². The van der Waals surface area contributed by atoms with Crippen LogP contribution < -0.4 is 11.5 Å². The summed E-state index contributed by atoms with van der Waals surface area (Å²) in [6, 6.07) is 1.53. The fourth-order valence-corrected chi connectivity index (χ4v) is 2.59. The summed E-state index contributed by atoms with van der Waals surface area (Å²) in [6.45, 7) is 1.17. The van der Waals surface area contributed by atoms with Gasteiger partial charge in [0.25, 0.3) is 5.91 Å². The minimum absolute atomic E-state index is 0.156. The second kappa shape index (κ2) is 6.09. The predicted octanol–water partition coefficient (Wildman–Crippen LogP) is 1.04. The van der Waals surface area contributed by atoms with Crippen molar-refractivity contribution >= 4 is 29.1 Å². The van der Waals surface area contributed by atoms with E-state index < -0.39 is 0 Å². The third kappa shape index (κ3) is 3.39. The van der Waals surface area contributed by atoms with E-state index in [1.807, 2.05) is 0 Å². The number of carbonyl (C=O) groups excluding carboxylic acids is 2. The number of piperidine rings is 1. The lowest BCUT2D eigenvalue weighted by atomic mass is 9.93. The molecule has 108 valence electrons. The Morgan fingerprint density at radius 3 is 2.65 bits per heavy atom. The second-order valence-corrected chi connectivity index (χ2v) is 5.37. The Labute approximate surface area is 122 Å². The number of rotatable bonds is 3. The number of nitrogens with zero attached hydrogens (tertiary/aromatic N) is 2. The van der Waals surface area contributed by atoms with Crippen molar-refractivity contribution in [2.24, 2.45) is 11.7 Å². The van der Waals surface area contributed by atoms with E-state index in [4.69, 9.17) is 23.1 Å². The number of hydrogen-bond acceptors (Lipinski definition) is 4. The van der Waals surface area contributed by atoms with Gasteiger partial charge in [-0.15, -0.1) is 0 Å². The van der Waals surface area contributed by atoms with Crippen LogP contribution in [0.3, 0.4) is 0 Å². The smallest absolute Gasteiger partial charge is 0.257 e. The number of halogens is 1. The molecule has 2 amide bonds. The molecule has 1 aromatic rings. The van der Waals surface area contributed by atoms with Crippen LogP contribution in [-0.4, -0.2) is 34.8 Å². The fourth-order valence-electron chi connectivity index (χ4n) is 2.41. The maximum atomic E-state index is 12.4. The van der Waals surface area contributed by atoms with Crippen molar-refractivity contribution in [3.8, 4) is 0 Å². The average molecular weight is 297 g/mol. The summed E-state index contributed by atoms with van der Waals surface area (Å²) >= 11 is 5.93. The normalized spacial score (nSPS) is 16.1. The molecule has 1 fully saturated rings. The van der Waals surface area contributed by atoms with Gasteiger partial charge in [0.15, 0.2) is 0 Å². The molecule has 0 spiro atoms. The Balaban J connectivity index is 2.01. The van der Waals surface area contributed by atoms with Gasteiger partial charge < -0.3 is 16.4 Å². The number of nitrogens with two attached hydrogens (primary N) is 2. The molecule has 1 aliphatic rings. The van der Waals surface area contributed by atoms with Gasteiger partial charge in [0.2, 0.25) is 5.91 Å². The van der Waals surface area contributed by atoms with Gasteiger partial charge >= 0.3 is 0 Å². The molecular weight excluding hydrogens is 280 g/mol. The Morgan fingerprint density at radius 2 is 2.05 bits per heavy atom. The first kappa shape index (κ1) is 14.6. The van der Waals surface area contributed by atoms with E-state index in [0.29, 0.717) is 30.8 Å². The molecule has 0 unspecified atom stereocenters. The highest BCUT2D eigenvalue weighted by Crippen LogP contribution is 2.24. The van der Waals surface area contributed by atoms with Crippen LogP contribution in [0, 0.1) is 5.92 Å². The lowest BCUT2D eigenvalue weighted by molar-refractivity contribution is -0.119. The lowest BCUT2D eigenvalue weighted by Crippen LogP contribution is -2.39. The molecule has 6 nitrogen and oxygen atoms in total. The van der Waals surface area contributed by atoms with Gasteiger partial charge in [0, 0.05) is 19.5 Å². The molecule has 7 heteroatoms. The number of amides is 2. The van der Waals surface area contributed by atoms with Crippen LogP contribution in [0.1, 0.15) is 29.6 Å². The minimum atomic E-state index is -0.294. The topological polar surface area (TPSA) is 102 Å². The number of carbonyl (C=O) groups is 2. The number of pyridine rings is 1. The van der Waals surface area contributed by atoms with Crippen LogP contribution in [0.2, 0.25) is 5.15 Å². The van der Waals surface area contributed by atoms with Gasteiger partial charge in [0.1, 0.15) is 5.15 Å². The summed E-state index contributed by atoms with van der Waals surface area (Å²) in [5.41, 5.74) is 11.5. The second-order valence-electron chi connectivity index (χ2n) is 5.01. The highest BCUT2D eigenvalue weighted by Gasteiger charge is 2.26. The third-order valence-corrected chi connectivity index (χ3v) is 3.78. The van der Waals surface area contributed by atoms with Gasteiger partial charge in [-0.05, 0) is 24.8 Å². The maximum Gasteiger partial charge on any atom is 0.257 e. The molecule has 1 saturated heterocycles. The van der Waals surface area contributed by atoms with Gasteiger partial charge in [-0.3, -0.25) is 9.59 Å². The first-order chi connectivity index (χ1) is 9.47. The van der Waals surface area contributed by atoms with Gasteiger partial charge in [-0.2, -0.15) is 0 Å². The lowest BCUT2D eigenvalue weighted by Gasteiger charge is -2.31. The predicted molar refractivity (Wildman–Crippen MR) is 76.1 cm³/mol. The highest BCUT2D eigenvalue weighted by molar-refractivity contribution is 6.32. The molecule has 0 atom stereocenters. The third-order valence-electron chi connectivity index (χ3n) is 3.48. The Morgan fingerprint density at radius 1 is 1.40 bits per heavy atom. The minimum Gasteiger partial charge on any atom is -0.397 e. The standard InChI is InChI=1S/C13H17ClN4O2/c14-12-10(6-9(15)7-17-12)13(20)18-3-1-8(2-4-18)5-11(16)19/h6-8H,1-5,15H2,(H2,16,19). The van der Waals surface area contributed by atoms with Crippen molar-refractivity contribution in [2.75, 3.05) is 18.8 Å². The van der Waals surface area contributed by atoms with Gasteiger partial charge in [-0.25, -0.2) is 4.98 Å². The van der Waals surface area contributed by atoms with Crippen LogP contribution in [0.5, 0.6) is 0 Å².